The van der Waals surface area contributed by atoms with Crippen molar-refractivity contribution in [2.24, 2.45) is 7.05 Å². The van der Waals surface area contributed by atoms with Gasteiger partial charge in [-0.05, 0) is 32.4 Å². The van der Waals surface area contributed by atoms with Crippen LogP contribution >= 0.6 is 11.6 Å². The van der Waals surface area contributed by atoms with E-state index in [1.165, 1.54) is 4.31 Å². The Morgan fingerprint density at radius 1 is 1.14 bits per heavy atom. The van der Waals surface area contributed by atoms with Gasteiger partial charge in [0.05, 0.1) is 22.1 Å². The van der Waals surface area contributed by atoms with E-state index in [0.717, 1.165) is 0 Å². The predicted molar refractivity (Wildman–Crippen MR) is 108 cm³/mol. The topological polar surface area (TPSA) is 87.5 Å². The van der Waals surface area contributed by atoms with Crippen LogP contribution < -0.4 is 5.32 Å². The third-order valence-electron chi connectivity index (χ3n) is 4.90. The van der Waals surface area contributed by atoms with Gasteiger partial charge < -0.3 is 10.2 Å². The molecule has 1 aliphatic rings. The van der Waals surface area contributed by atoms with Crippen molar-refractivity contribution in [3.63, 3.8) is 0 Å². The zero-order valence-electron chi connectivity index (χ0n) is 16.1. The molecule has 152 valence electrons. The van der Waals surface area contributed by atoms with E-state index in [0.29, 0.717) is 48.2 Å². The van der Waals surface area contributed by atoms with Crippen LogP contribution in [0.25, 0.3) is 0 Å². The van der Waals surface area contributed by atoms with Crippen molar-refractivity contribution >= 4 is 33.3 Å². The molecule has 1 aliphatic heterocycles. The number of para-hydroxylation sites is 1. The summed E-state index contributed by atoms with van der Waals surface area (Å²) in [6, 6.07) is 6.71. The van der Waals surface area contributed by atoms with E-state index in [-0.39, 0.29) is 17.5 Å². The Kier molecular flexibility index (Phi) is 5.97. The molecule has 2 aromatic rings. The number of aryl methyl sites for hydroxylation is 2. The van der Waals surface area contributed by atoms with E-state index in [1.807, 2.05) is 0 Å². The molecule has 1 aromatic heterocycles. The highest BCUT2D eigenvalue weighted by molar-refractivity contribution is 7.89. The van der Waals surface area contributed by atoms with Crippen molar-refractivity contribution in [2.45, 2.75) is 25.2 Å². The summed E-state index contributed by atoms with van der Waals surface area (Å²) in [5, 5.41) is 7.46. The van der Waals surface area contributed by atoms with E-state index < -0.39 is 10.0 Å². The summed E-state index contributed by atoms with van der Waals surface area (Å²) < 4.78 is 29.3. The fourth-order valence-electron chi connectivity index (χ4n) is 3.35. The molecule has 0 radical (unpaired) electrons. The first kappa shape index (κ1) is 20.6. The Morgan fingerprint density at radius 2 is 1.86 bits per heavy atom. The summed E-state index contributed by atoms with van der Waals surface area (Å²) in [6.07, 6.45) is 0.549. The zero-order valence-corrected chi connectivity index (χ0v) is 17.7. The van der Waals surface area contributed by atoms with Gasteiger partial charge in [0.1, 0.15) is 4.90 Å². The molecule has 0 aliphatic carbocycles. The SMILES string of the molecule is Cc1nn(C)c(C)c1S(=O)(=O)N1CCCN(C(=O)Nc2ccccc2Cl)CC1. The number of hydrogen-bond acceptors (Lipinski definition) is 4. The van der Waals surface area contributed by atoms with Gasteiger partial charge in [-0.15, -0.1) is 0 Å². The van der Waals surface area contributed by atoms with E-state index >= 15 is 0 Å². The quantitative estimate of drug-likeness (QED) is 0.818. The Morgan fingerprint density at radius 3 is 2.50 bits per heavy atom. The normalized spacial score (nSPS) is 16.1. The van der Waals surface area contributed by atoms with E-state index in [2.05, 4.69) is 10.4 Å². The van der Waals surface area contributed by atoms with Gasteiger partial charge in [0, 0.05) is 33.2 Å². The number of benzene rings is 1. The highest BCUT2D eigenvalue weighted by atomic mass is 35.5. The molecule has 2 heterocycles. The maximum absolute atomic E-state index is 13.1. The first-order valence-corrected chi connectivity index (χ1v) is 10.8. The van der Waals surface area contributed by atoms with Crippen LogP contribution in [0.3, 0.4) is 0 Å². The number of nitrogens with zero attached hydrogens (tertiary/aromatic N) is 4. The zero-order chi connectivity index (χ0) is 20.5. The van der Waals surface area contributed by atoms with Crippen molar-refractivity contribution in [3.05, 3.63) is 40.7 Å². The maximum atomic E-state index is 13.1. The number of urea groups is 1. The number of nitrogens with one attached hydrogen (secondary N) is 1. The minimum atomic E-state index is -3.67. The maximum Gasteiger partial charge on any atom is 0.321 e. The summed E-state index contributed by atoms with van der Waals surface area (Å²) in [5.41, 5.74) is 1.62. The number of carbonyl (C=O) groups excluding carboxylic acids is 1. The summed E-state index contributed by atoms with van der Waals surface area (Å²) in [6.45, 7) is 4.79. The van der Waals surface area contributed by atoms with Crippen LogP contribution in [0, 0.1) is 13.8 Å². The average molecular weight is 426 g/mol. The Labute approximate surface area is 170 Å². The van der Waals surface area contributed by atoms with Crippen molar-refractivity contribution in [1.29, 1.82) is 0 Å². The van der Waals surface area contributed by atoms with E-state index in [1.54, 1.807) is 54.7 Å². The summed E-state index contributed by atoms with van der Waals surface area (Å²) in [7, 11) is -1.94. The number of carbonyl (C=O) groups is 1. The highest BCUT2D eigenvalue weighted by Crippen LogP contribution is 2.25. The second-order valence-corrected chi connectivity index (χ2v) is 9.06. The number of rotatable bonds is 3. The van der Waals surface area contributed by atoms with Crippen LogP contribution in [0.1, 0.15) is 17.8 Å². The van der Waals surface area contributed by atoms with Crippen LogP contribution in [-0.2, 0) is 17.1 Å². The lowest BCUT2D eigenvalue weighted by atomic mass is 10.3. The molecule has 10 heteroatoms. The Bertz CT molecular complexity index is 989. The van der Waals surface area contributed by atoms with Crippen LogP contribution in [0.5, 0.6) is 0 Å². The average Bonchev–Trinajstić information content (AvgIpc) is 2.82. The summed E-state index contributed by atoms with van der Waals surface area (Å²) in [4.78, 5) is 14.5. The molecule has 28 heavy (non-hydrogen) atoms. The van der Waals surface area contributed by atoms with Gasteiger partial charge in [0.15, 0.2) is 0 Å². The monoisotopic (exact) mass is 425 g/mol. The van der Waals surface area contributed by atoms with Crippen LogP contribution in [0.4, 0.5) is 10.5 Å². The fraction of sp³-hybridized carbons (Fsp3) is 0.444. The molecule has 0 spiro atoms. The number of sulfonamides is 1. The molecular weight excluding hydrogens is 402 g/mol. The molecule has 3 rings (SSSR count). The van der Waals surface area contributed by atoms with Gasteiger partial charge in [-0.2, -0.15) is 9.40 Å². The number of anilines is 1. The molecule has 1 fully saturated rings. The first-order valence-electron chi connectivity index (χ1n) is 9.02. The number of amides is 2. The van der Waals surface area contributed by atoms with Gasteiger partial charge >= 0.3 is 6.03 Å². The lowest BCUT2D eigenvalue weighted by molar-refractivity contribution is 0.214. The van der Waals surface area contributed by atoms with E-state index in [9.17, 15) is 13.2 Å². The molecule has 0 bridgehead atoms. The predicted octanol–water partition coefficient (Wildman–Crippen LogP) is 2.62. The van der Waals surface area contributed by atoms with Gasteiger partial charge in [0.25, 0.3) is 0 Å². The van der Waals surface area contributed by atoms with Crippen molar-refractivity contribution in [1.82, 2.24) is 19.0 Å². The van der Waals surface area contributed by atoms with Crippen molar-refractivity contribution in [3.8, 4) is 0 Å². The third kappa shape index (κ3) is 4.01. The molecule has 1 aromatic carbocycles. The minimum Gasteiger partial charge on any atom is -0.323 e. The number of hydrogen-bond donors (Lipinski definition) is 1. The van der Waals surface area contributed by atoms with Gasteiger partial charge in [-0.3, -0.25) is 4.68 Å². The van der Waals surface area contributed by atoms with Crippen molar-refractivity contribution in [2.75, 3.05) is 31.5 Å². The second-order valence-electron chi connectivity index (χ2n) is 6.78. The smallest absolute Gasteiger partial charge is 0.321 e. The molecule has 8 nitrogen and oxygen atoms in total. The highest BCUT2D eigenvalue weighted by Gasteiger charge is 2.32. The van der Waals surface area contributed by atoms with Gasteiger partial charge in [0.2, 0.25) is 10.0 Å². The van der Waals surface area contributed by atoms with Crippen LogP contribution in [0.2, 0.25) is 5.02 Å². The van der Waals surface area contributed by atoms with Crippen LogP contribution in [0.15, 0.2) is 29.2 Å². The molecule has 0 atom stereocenters. The first-order chi connectivity index (χ1) is 13.2. The lowest BCUT2D eigenvalue weighted by Gasteiger charge is -2.22. The largest absolute Gasteiger partial charge is 0.323 e. The minimum absolute atomic E-state index is 0.228. The Hall–Kier alpha value is -2.10. The molecule has 0 saturated carbocycles. The van der Waals surface area contributed by atoms with Crippen molar-refractivity contribution < 1.29 is 13.2 Å². The summed E-state index contributed by atoms with van der Waals surface area (Å²) >= 11 is 6.09. The Balaban J connectivity index is 1.72. The molecule has 2 amide bonds. The summed E-state index contributed by atoms with van der Waals surface area (Å²) in [5.74, 6) is 0. The molecule has 1 saturated heterocycles. The van der Waals surface area contributed by atoms with Gasteiger partial charge in [-0.25, -0.2) is 13.2 Å². The number of aromatic nitrogens is 2. The fourth-order valence-corrected chi connectivity index (χ4v) is 5.40. The standard InChI is InChI=1S/C18H24ClN5O3S/c1-13-17(14(2)22(3)21-13)28(26,27)24-10-6-9-23(11-12-24)18(25)20-16-8-5-4-7-15(16)19/h4-5,7-8H,6,9-12H2,1-3H3,(H,20,25). The lowest BCUT2D eigenvalue weighted by Crippen LogP contribution is -2.39. The molecule has 1 N–H and O–H groups in total. The molecule has 0 unspecified atom stereocenters. The molecular formula is C18H24ClN5O3S. The number of halogens is 1. The van der Waals surface area contributed by atoms with Crippen LogP contribution in [-0.4, -0.2) is 59.6 Å². The second kappa shape index (κ2) is 8.10. The van der Waals surface area contributed by atoms with E-state index in [4.69, 9.17) is 11.6 Å². The third-order valence-corrected chi connectivity index (χ3v) is 7.38. The van der Waals surface area contributed by atoms with Gasteiger partial charge in [-0.1, -0.05) is 23.7 Å².